The van der Waals surface area contributed by atoms with Gasteiger partial charge in [-0.3, -0.25) is 9.59 Å². The fraction of sp³-hybridized carbons (Fsp3) is 0.385. The van der Waals surface area contributed by atoms with E-state index in [4.69, 9.17) is 0 Å². The predicted molar refractivity (Wildman–Crippen MR) is 66.8 cm³/mol. The van der Waals surface area contributed by atoms with Crippen LogP contribution in [0.1, 0.15) is 12.8 Å². The minimum Gasteiger partial charge on any atom is -0.391 e. The molecule has 1 fully saturated rings. The summed E-state index contributed by atoms with van der Waals surface area (Å²) in [6, 6.07) is 1.16. The summed E-state index contributed by atoms with van der Waals surface area (Å²) in [5.74, 6) is -6.61. The molecule has 8 heteroatoms. The number of benzene rings is 1. The van der Waals surface area contributed by atoms with Crippen LogP contribution in [0.15, 0.2) is 12.1 Å². The number of halogens is 3. The largest absolute Gasteiger partial charge is 0.391 e. The van der Waals surface area contributed by atoms with Gasteiger partial charge in [-0.15, -0.1) is 0 Å². The number of amides is 2. The molecule has 0 saturated carbocycles. The molecule has 1 aliphatic rings. The number of anilines is 1. The molecule has 0 spiro atoms. The highest BCUT2D eigenvalue weighted by atomic mass is 19.2. The number of likely N-dealkylation sites (tertiary alicyclic amines) is 1. The second-order valence-electron chi connectivity index (χ2n) is 4.76. The summed E-state index contributed by atoms with van der Waals surface area (Å²) in [6.45, 7) is 0.341. The van der Waals surface area contributed by atoms with Crippen LogP contribution in [-0.2, 0) is 9.59 Å². The van der Waals surface area contributed by atoms with Crippen LogP contribution in [-0.4, -0.2) is 41.0 Å². The van der Waals surface area contributed by atoms with Crippen LogP contribution in [0.3, 0.4) is 0 Å². The molecule has 1 heterocycles. The Hall–Kier alpha value is -2.09. The zero-order chi connectivity index (χ0) is 15.6. The van der Waals surface area contributed by atoms with Crippen molar-refractivity contribution < 1.29 is 27.9 Å². The van der Waals surface area contributed by atoms with Crippen LogP contribution in [0, 0.1) is 17.5 Å². The Labute approximate surface area is 118 Å². The van der Waals surface area contributed by atoms with Crippen LogP contribution >= 0.6 is 0 Å². The Morgan fingerprint density at radius 3 is 2.43 bits per heavy atom. The van der Waals surface area contributed by atoms with E-state index in [1.54, 1.807) is 0 Å². The van der Waals surface area contributed by atoms with Crippen LogP contribution in [0.25, 0.3) is 0 Å². The van der Waals surface area contributed by atoms with Gasteiger partial charge in [-0.1, -0.05) is 0 Å². The minimum atomic E-state index is -1.65. The number of hydrogen-bond donors (Lipinski definition) is 2. The smallest absolute Gasteiger partial charge is 0.313 e. The van der Waals surface area contributed by atoms with Crippen LogP contribution in [0.4, 0.5) is 18.9 Å². The van der Waals surface area contributed by atoms with Gasteiger partial charge in [0.2, 0.25) is 0 Å². The number of aliphatic hydroxyl groups is 1. The lowest BCUT2D eigenvalue weighted by atomic mass is 10.1. The zero-order valence-electron chi connectivity index (χ0n) is 10.9. The molecule has 1 aromatic rings. The average molecular weight is 302 g/mol. The van der Waals surface area contributed by atoms with Gasteiger partial charge in [-0.2, -0.15) is 0 Å². The first kappa shape index (κ1) is 15.3. The zero-order valence-corrected chi connectivity index (χ0v) is 10.9. The number of rotatable bonds is 1. The molecule has 1 unspecified atom stereocenters. The van der Waals surface area contributed by atoms with Crippen molar-refractivity contribution in [1.82, 2.24) is 4.90 Å². The monoisotopic (exact) mass is 302 g/mol. The fourth-order valence-electron chi connectivity index (χ4n) is 2.10. The fourth-order valence-corrected chi connectivity index (χ4v) is 2.10. The van der Waals surface area contributed by atoms with Gasteiger partial charge >= 0.3 is 11.8 Å². The van der Waals surface area contributed by atoms with E-state index in [9.17, 15) is 27.9 Å². The number of carbonyl (C=O) groups excluding carboxylic acids is 2. The summed E-state index contributed by atoms with van der Waals surface area (Å²) in [5, 5.41) is 11.4. The Balaban J connectivity index is 2.05. The molecule has 2 amide bonds. The molecular weight excluding hydrogens is 289 g/mol. The topological polar surface area (TPSA) is 69.6 Å². The Bertz CT molecular complexity index is 557. The lowest BCUT2D eigenvalue weighted by Gasteiger charge is -2.29. The number of hydrogen-bond acceptors (Lipinski definition) is 3. The Morgan fingerprint density at radius 1 is 1.24 bits per heavy atom. The Morgan fingerprint density at radius 2 is 1.86 bits per heavy atom. The first-order valence-electron chi connectivity index (χ1n) is 6.31. The van der Waals surface area contributed by atoms with E-state index in [0.29, 0.717) is 31.5 Å². The van der Waals surface area contributed by atoms with Crippen molar-refractivity contribution in [3.63, 3.8) is 0 Å². The molecule has 0 radical (unpaired) electrons. The van der Waals surface area contributed by atoms with E-state index in [-0.39, 0.29) is 12.2 Å². The third-order valence-corrected chi connectivity index (χ3v) is 3.12. The summed E-state index contributed by atoms with van der Waals surface area (Å²) in [7, 11) is 0. The molecule has 1 atom stereocenters. The maximum atomic E-state index is 13.0. The van der Waals surface area contributed by atoms with Crippen molar-refractivity contribution in [3.05, 3.63) is 29.6 Å². The molecule has 0 bridgehead atoms. The molecule has 2 rings (SSSR count). The minimum absolute atomic E-state index is 0.0262. The summed E-state index contributed by atoms with van der Waals surface area (Å²) < 4.78 is 38.8. The van der Waals surface area contributed by atoms with Crippen molar-refractivity contribution in [2.24, 2.45) is 0 Å². The van der Waals surface area contributed by atoms with Gasteiger partial charge in [0.05, 0.1) is 6.10 Å². The number of nitrogens with one attached hydrogen (secondary N) is 1. The normalized spacial score (nSPS) is 18.5. The highest BCUT2D eigenvalue weighted by molar-refractivity contribution is 6.39. The summed E-state index contributed by atoms with van der Waals surface area (Å²) in [5.41, 5.74) is -0.359. The lowest BCUT2D eigenvalue weighted by molar-refractivity contribution is -0.145. The van der Waals surface area contributed by atoms with E-state index < -0.39 is 35.4 Å². The van der Waals surface area contributed by atoms with Crippen LogP contribution in [0.2, 0.25) is 0 Å². The highest BCUT2D eigenvalue weighted by Crippen LogP contribution is 2.18. The molecule has 1 saturated heterocycles. The van der Waals surface area contributed by atoms with Crippen molar-refractivity contribution in [2.45, 2.75) is 18.9 Å². The number of piperidine rings is 1. The average Bonchev–Trinajstić information content (AvgIpc) is 2.43. The van der Waals surface area contributed by atoms with Gasteiger partial charge in [0.25, 0.3) is 0 Å². The SMILES string of the molecule is O=C(Nc1cc(F)c(F)c(F)c1)C(=O)N1CCCC(O)C1. The molecule has 21 heavy (non-hydrogen) atoms. The number of aliphatic hydroxyl groups excluding tert-OH is 1. The van der Waals surface area contributed by atoms with Crippen molar-refractivity contribution in [1.29, 1.82) is 0 Å². The van der Waals surface area contributed by atoms with E-state index in [0.717, 1.165) is 4.90 Å². The quantitative estimate of drug-likeness (QED) is 0.601. The van der Waals surface area contributed by atoms with Crippen LogP contribution in [0.5, 0.6) is 0 Å². The second-order valence-corrected chi connectivity index (χ2v) is 4.76. The van der Waals surface area contributed by atoms with Crippen LogP contribution < -0.4 is 5.32 Å². The maximum absolute atomic E-state index is 13.0. The molecule has 0 aromatic heterocycles. The number of nitrogens with zero attached hydrogens (tertiary/aromatic N) is 1. The van der Waals surface area contributed by atoms with Gasteiger partial charge in [-0.05, 0) is 12.8 Å². The molecule has 0 aliphatic carbocycles. The van der Waals surface area contributed by atoms with E-state index >= 15 is 0 Å². The standard InChI is InChI=1S/C13H13F3N2O3/c14-9-4-7(5-10(15)11(9)16)17-12(20)13(21)18-3-1-2-8(19)6-18/h4-5,8,19H,1-3,6H2,(H,17,20). The third kappa shape index (κ3) is 3.52. The summed E-state index contributed by atoms with van der Waals surface area (Å²) in [4.78, 5) is 24.7. The third-order valence-electron chi connectivity index (χ3n) is 3.12. The van der Waals surface area contributed by atoms with Crippen molar-refractivity contribution >= 4 is 17.5 Å². The van der Waals surface area contributed by atoms with Crippen molar-refractivity contribution in [3.8, 4) is 0 Å². The molecular formula is C13H13F3N2O3. The molecule has 1 aliphatic heterocycles. The molecule has 1 aromatic carbocycles. The summed E-state index contributed by atoms with van der Waals surface area (Å²) in [6.07, 6.45) is 0.399. The Kier molecular flexibility index (Phi) is 4.46. The summed E-state index contributed by atoms with van der Waals surface area (Å²) >= 11 is 0. The van der Waals surface area contributed by atoms with E-state index in [1.165, 1.54) is 0 Å². The first-order chi connectivity index (χ1) is 9.88. The van der Waals surface area contributed by atoms with Crippen molar-refractivity contribution in [2.75, 3.05) is 18.4 Å². The molecule has 114 valence electrons. The van der Waals surface area contributed by atoms with Gasteiger partial charge in [0, 0.05) is 30.9 Å². The van der Waals surface area contributed by atoms with Gasteiger partial charge in [-0.25, -0.2) is 13.2 Å². The van der Waals surface area contributed by atoms with E-state index in [2.05, 4.69) is 0 Å². The molecule has 2 N–H and O–H groups in total. The second kappa shape index (κ2) is 6.13. The number of β-amino-alcohol motifs (C(OH)–C–C–N with tert-alkyl or cyclic N) is 1. The van der Waals surface area contributed by atoms with Gasteiger partial charge < -0.3 is 15.3 Å². The molecule has 5 nitrogen and oxygen atoms in total. The van der Waals surface area contributed by atoms with E-state index in [1.807, 2.05) is 5.32 Å². The van der Waals surface area contributed by atoms with Gasteiger partial charge in [0.15, 0.2) is 17.5 Å². The number of carbonyl (C=O) groups is 2. The highest BCUT2D eigenvalue weighted by Gasteiger charge is 2.27. The lowest BCUT2D eigenvalue weighted by Crippen LogP contribution is -2.46. The van der Waals surface area contributed by atoms with Gasteiger partial charge in [0.1, 0.15) is 0 Å². The maximum Gasteiger partial charge on any atom is 0.313 e. The predicted octanol–water partition coefficient (Wildman–Crippen LogP) is 1.03. The first-order valence-corrected chi connectivity index (χ1v) is 6.31.